The molecule has 0 heterocycles. The lowest BCUT2D eigenvalue weighted by Gasteiger charge is -2.05. The molecule has 0 saturated heterocycles. The van der Waals surface area contributed by atoms with Gasteiger partial charge in [-0.05, 0) is 24.3 Å². The summed E-state index contributed by atoms with van der Waals surface area (Å²) in [6.07, 6.45) is 0. The molecule has 0 aromatic heterocycles. The minimum Gasteiger partial charge on any atom is -0.319 e. The topological polar surface area (TPSA) is 46.2 Å². The van der Waals surface area contributed by atoms with Crippen LogP contribution in [0.2, 0.25) is 5.02 Å². The molecule has 0 spiro atoms. The first-order chi connectivity index (χ1) is 8.68. The van der Waals surface area contributed by atoms with E-state index in [0.717, 1.165) is 0 Å². The highest BCUT2D eigenvalue weighted by Gasteiger charge is 2.18. The van der Waals surface area contributed by atoms with E-state index in [1.165, 1.54) is 6.07 Å². The van der Waals surface area contributed by atoms with Crippen molar-refractivity contribution in [1.82, 2.24) is 0 Å². The van der Waals surface area contributed by atoms with Crippen LogP contribution in [-0.4, -0.2) is 11.7 Å². The fourth-order valence-electron chi connectivity index (χ4n) is 1.48. The van der Waals surface area contributed by atoms with Gasteiger partial charge in [0.25, 0.3) is 11.7 Å². The number of rotatable bonds is 3. The van der Waals surface area contributed by atoms with Gasteiger partial charge in [0, 0.05) is 11.3 Å². The summed E-state index contributed by atoms with van der Waals surface area (Å²) >= 11 is 5.87. The molecule has 0 saturated carbocycles. The average molecular weight is 260 g/mol. The number of hydrogen-bond donors (Lipinski definition) is 1. The average Bonchev–Trinajstić information content (AvgIpc) is 2.39. The molecule has 0 aliphatic rings. The van der Waals surface area contributed by atoms with E-state index in [1.54, 1.807) is 42.5 Å². The molecular formula is C14H10ClNO2. The van der Waals surface area contributed by atoms with Crippen LogP contribution in [0.15, 0.2) is 54.6 Å². The van der Waals surface area contributed by atoms with Crippen LogP contribution in [0.4, 0.5) is 5.69 Å². The first-order valence-electron chi connectivity index (χ1n) is 5.34. The molecule has 0 aliphatic carbocycles. The van der Waals surface area contributed by atoms with Crippen molar-refractivity contribution in [3.63, 3.8) is 0 Å². The van der Waals surface area contributed by atoms with Gasteiger partial charge in [0.1, 0.15) is 0 Å². The van der Waals surface area contributed by atoms with Gasteiger partial charge in [0.15, 0.2) is 0 Å². The van der Waals surface area contributed by atoms with Gasteiger partial charge in [0.05, 0.1) is 5.02 Å². The smallest absolute Gasteiger partial charge is 0.296 e. The van der Waals surface area contributed by atoms with Crippen LogP contribution in [0.25, 0.3) is 0 Å². The van der Waals surface area contributed by atoms with E-state index in [2.05, 4.69) is 5.32 Å². The highest BCUT2D eigenvalue weighted by molar-refractivity contribution is 6.49. The zero-order valence-electron chi connectivity index (χ0n) is 9.39. The van der Waals surface area contributed by atoms with Crippen molar-refractivity contribution < 1.29 is 9.59 Å². The molecular weight excluding hydrogens is 250 g/mol. The van der Waals surface area contributed by atoms with Crippen LogP contribution in [0.5, 0.6) is 0 Å². The monoisotopic (exact) mass is 259 g/mol. The van der Waals surface area contributed by atoms with Crippen molar-refractivity contribution in [3.8, 4) is 0 Å². The van der Waals surface area contributed by atoms with E-state index in [-0.39, 0.29) is 10.6 Å². The zero-order valence-corrected chi connectivity index (χ0v) is 10.1. The summed E-state index contributed by atoms with van der Waals surface area (Å²) in [6.45, 7) is 0. The van der Waals surface area contributed by atoms with E-state index in [4.69, 9.17) is 11.6 Å². The molecule has 0 atom stereocenters. The number of Topliss-reactive ketones (excluding diaryl/α,β-unsaturated/α-hetero) is 1. The first kappa shape index (κ1) is 12.3. The predicted octanol–water partition coefficient (Wildman–Crippen LogP) is 3.16. The molecule has 0 fully saturated rings. The number of hydrogen-bond acceptors (Lipinski definition) is 2. The van der Waals surface area contributed by atoms with Crippen LogP contribution in [0, 0.1) is 0 Å². The second-order valence-electron chi connectivity index (χ2n) is 3.63. The van der Waals surface area contributed by atoms with Crippen molar-refractivity contribution in [1.29, 1.82) is 0 Å². The SMILES string of the molecule is O=C(Nc1ccccc1)C(=O)c1ccccc1Cl. The summed E-state index contributed by atoms with van der Waals surface area (Å²) in [6, 6.07) is 15.2. The number of ketones is 1. The Kier molecular flexibility index (Phi) is 3.75. The summed E-state index contributed by atoms with van der Waals surface area (Å²) in [5.74, 6) is -1.35. The highest BCUT2D eigenvalue weighted by Crippen LogP contribution is 2.16. The van der Waals surface area contributed by atoms with E-state index in [9.17, 15) is 9.59 Å². The van der Waals surface area contributed by atoms with Crippen molar-refractivity contribution in [3.05, 3.63) is 65.2 Å². The maximum absolute atomic E-state index is 11.9. The minimum absolute atomic E-state index is 0.201. The molecule has 0 unspecified atom stereocenters. The Hall–Kier alpha value is -2.13. The van der Waals surface area contributed by atoms with Gasteiger partial charge in [0.2, 0.25) is 0 Å². The van der Waals surface area contributed by atoms with Crippen LogP contribution >= 0.6 is 11.6 Å². The summed E-state index contributed by atoms with van der Waals surface area (Å²) in [7, 11) is 0. The quantitative estimate of drug-likeness (QED) is 0.680. The molecule has 4 heteroatoms. The number of carbonyl (C=O) groups is 2. The molecule has 0 bridgehead atoms. The van der Waals surface area contributed by atoms with E-state index >= 15 is 0 Å². The first-order valence-corrected chi connectivity index (χ1v) is 5.71. The van der Waals surface area contributed by atoms with E-state index < -0.39 is 11.7 Å². The summed E-state index contributed by atoms with van der Waals surface area (Å²) in [4.78, 5) is 23.6. The Morgan fingerprint density at radius 3 is 2.17 bits per heavy atom. The standard InChI is InChI=1S/C14H10ClNO2/c15-12-9-5-4-8-11(12)13(17)14(18)16-10-6-2-1-3-7-10/h1-9H,(H,16,18). The number of carbonyl (C=O) groups excluding carboxylic acids is 2. The Morgan fingerprint density at radius 1 is 0.889 bits per heavy atom. The number of benzene rings is 2. The highest BCUT2D eigenvalue weighted by atomic mass is 35.5. The number of nitrogens with one attached hydrogen (secondary N) is 1. The third kappa shape index (κ3) is 2.76. The van der Waals surface area contributed by atoms with Crippen molar-refractivity contribution in [2.75, 3.05) is 5.32 Å². The van der Waals surface area contributed by atoms with Crippen LogP contribution in [0.3, 0.4) is 0 Å². The molecule has 90 valence electrons. The van der Waals surface area contributed by atoms with Crippen LogP contribution in [0.1, 0.15) is 10.4 Å². The second-order valence-corrected chi connectivity index (χ2v) is 4.04. The Labute approximate surface area is 109 Å². The molecule has 2 aromatic carbocycles. The van der Waals surface area contributed by atoms with Gasteiger partial charge in [-0.1, -0.05) is 41.9 Å². The predicted molar refractivity (Wildman–Crippen MR) is 70.9 cm³/mol. The minimum atomic E-state index is -0.700. The fourth-order valence-corrected chi connectivity index (χ4v) is 1.70. The summed E-state index contributed by atoms with van der Waals surface area (Å²) in [5, 5.41) is 2.79. The lowest BCUT2D eigenvalue weighted by Crippen LogP contribution is -2.23. The van der Waals surface area contributed by atoms with Gasteiger partial charge in [-0.25, -0.2) is 0 Å². The van der Waals surface area contributed by atoms with Crippen molar-refractivity contribution in [2.24, 2.45) is 0 Å². The third-order valence-corrected chi connectivity index (χ3v) is 2.69. The number of anilines is 1. The molecule has 1 N–H and O–H groups in total. The number of halogens is 1. The summed E-state index contributed by atoms with van der Waals surface area (Å²) in [5.41, 5.74) is 0.774. The normalized spacial score (nSPS) is 9.83. The molecule has 18 heavy (non-hydrogen) atoms. The summed E-state index contributed by atoms with van der Waals surface area (Å²) < 4.78 is 0. The van der Waals surface area contributed by atoms with E-state index in [0.29, 0.717) is 5.69 Å². The van der Waals surface area contributed by atoms with Crippen molar-refractivity contribution in [2.45, 2.75) is 0 Å². The second kappa shape index (κ2) is 5.47. The molecule has 0 radical (unpaired) electrons. The molecule has 0 aliphatic heterocycles. The molecule has 1 amide bonds. The Morgan fingerprint density at radius 2 is 1.50 bits per heavy atom. The number of amides is 1. The van der Waals surface area contributed by atoms with Gasteiger partial charge < -0.3 is 5.32 Å². The lowest BCUT2D eigenvalue weighted by atomic mass is 10.1. The van der Waals surface area contributed by atoms with E-state index in [1.807, 2.05) is 6.07 Å². The molecule has 3 nitrogen and oxygen atoms in total. The maximum Gasteiger partial charge on any atom is 0.296 e. The maximum atomic E-state index is 11.9. The number of para-hydroxylation sites is 1. The molecule has 2 aromatic rings. The largest absolute Gasteiger partial charge is 0.319 e. The van der Waals surface area contributed by atoms with Gasteiger partial charge in [-0.3, -0.25) is 9.59 Å². The van der Waals surface area contributed by atoms with Crippen LogP contribution in [-0.2, 0) is 4.79 Å². The fraction of sp³-hybridized carbons (Fsp3) is 0. The van der Waals surface area contributed by atoms with Gasteiger partial charge in [-0.15, -0.1) is 0 Å². The lowest BCUT2D eigenvalue weighted by molar-refractivity contribution is -0.112. The van der Waals surface area contributed by atoms with Crippen LogP contribution < -0.4 is 5.32 Å². The van der Waals surface area contributed by atoms with Gasteiger partial charge >= 0.3 is 0 Å². The molecule has 2 rings (SSSR count). The van der Waals surface area contributed by atoms with Gasteiger partial charge in [-0.2, -0.15) is 0 Å². The van der Waals surface area contributed by atoms with Crippen molar-refractivity contribution >= 4 is 29.0 Å². The Balaban J connectivity index is 2.16. The third-order valence-electron chi connectivity index (χ3n) is 2.36. The Bertz CT molecular complexity index is 581. The zero-order chi connectivity index (χ0) is 13.0.